The first-order valence-corrected chi connectivity index (χ1v) is 7.27. The van der Waals surface area contributed by atoms with Crippen molar-refractivity contribution in [2.75, 3.05) is 19.6 Å². The molecule has 1 aliphatic rings. The second-order valence-electron chi connectivity index (χ2n) is 5.59. The van der Waals surface area contributed by atoms with E-state index in [1.807, 2.05) is 11.8 Å². The minimum atomic E-state index is -0.0259. The number of ether oxygens (including phenoxy) is 1. The van der Waals surface area contributed by atoms with Crippen molar-refractivity contribution in [3.05, 3.63) is 35.4 Å². The SMILES string of the molecule is Cc1ccc(CCC(=O)N2CC(C)OC(CN)C2)cc1. The van der Waals surface area contributed by atoms with Crippen molar-refractivity contribution in [2.45, 2.75) is 38.9 Å². The molecule has 2 atom stereocenters. The molecule has 0 aromatic heterocycles. The molecule has 0 bridgehead atoms. The van der Waals surface area contributed by atoms with E-state index >= 15 is 0 Å². The summed E-state index contributed by atoms with van der Waals surface area (Å²) in [5.41, 5.74) is 8.10. The molecule has 0 saturated carbocycles. The number of nitrogens with zero attached hydrogens (tertiary/aromatic N) is 1. The number of benzene rings is 1. The molecule has 1 aromatic carbocycles. The molecule has 2 N–H and O–H groups in total. The minimum Gasteiger partial charge on any atom is -0.370 e. The van der Waals surface area contributed by atoms with Crippen LogP contribution in [0.25, 0.3) is 0 Å². The van der Waals surface area contributed by atoms with Crippen LogP contribution < -0.4 is 5.73 Å². The number of aryl methyl sites for hydroxylation is 2. The highest BCUT2D eigenvalue weighted by molar-refractivity contribution is 5.76. The van der Waals surface area contributed by atoms with Gasteiger partial charge in [0.2, 0.25) is 5.91 Å². The van der Waals surface area contributed by atoms with Gasteiger partial charge in [-0.15, -0.1) is 0 Å². The standard InChI is InChI=1S/C16H24N2O2/c1-12-3-5-14(6-4-12)7-8-16(19)18-10-13(2)20-15(9-17)11-18/h3-6,13,15H,7-11,17H2,1-2H3. The Morgan fingerprint density at radius 1 is 1.35 bits per heavy atom. The smallest absolute Gasteiger partial charge is 0.223 e. The first-order chi connectivity index (χ1) is 9.58. The van der Waals surface area contributed by atoms with Crippen molar-refractivity contribution in [2.24, 2.45) is 5.73 Å². The Kier molecular flexibility index (Phi) is 5.15. The molecular formula is C16H24N2O2. The Labute approximate surface area is 120 Å². The first-order valence-electron chi connectivity index (χ1n) is 7.27. The average molecular weight is 276 g/mol. The van der Waals surface area contributed by atoms with Gasteiger partial charge in [0.15, 0.2) is 0 Å². The first kappa shape index (κ1) is 15.0. The van der Waals surface area contributed by atoms with Crippen molar-refractivity contribution in [1.82, 2.24) is 4.90 Å². The maximum Gasteiger partial charge on any atom is 0.223 e. The predicted molar refractivity (Wildman–Crippen MR) is 79.5 cm³/mol. The van der Waals surface area contributed by atoms with E-state index in [0.717, 1.165) is 6.42 Å². The molecule has 4 nitrogen and oxygen atoms in total. The van der Waals surface area contributed by atoms with Crippen molar-refractivity contribution in [3.63, 3.8) is 0 Å². The molecule has 1 heterocycles. The summed E-state index contributed by atoms with van der Waals surface area (Å²) in [6, 6.07) is 8.35. The number of carbonyl (C=O) groups excluding carboxylic acids is 1. The molecule has 110 valence electrons. The van der Waals surface area contributed by atoms with E-state index in [1.165, 1.54) is 11.1 Å². The summed E-state index contributed by atoms with van der Waals surface area (Å²) in [6.45, 7) is 5.81. The fraction of sp³-hybridized carbons (Fsp3) is 0.562. The van der Waals surface area contributed by atoms with Gasteiger partial charge in [0.25, 0.3) is 0 Å². The van der Waals surface area contributed by atoms with Gasteiger partial charge in [-0.1, -0.05) is 29.8 Å². The molecular weight excluding hydrogens is 252 g/mol. The van der Waals surface area contributed by atoms with Gasteiger partial charge in [-0.05, 0) is 25.8 Å². The van der Waals surface area contributed by atoms with Gasteiger partial charge in [-0.3, -0.25) is 4.79 Å². The summed E-state index contributed by atoms with van der Waals surface area (Å²) in [7, 11) is 0. The molecule has 1 amide bonds. The van der Waals surface area contributed by atoms with E-state index in [-0.39, 0.29) is 18.1 Å². The van der Waals surface area contributed by atoms with Crippen LogP contribution in [0.2, 0.25) is 0 Å². The number of morpholine rings is 1. The van der Waals surface area contributed by atoms with E-state index in [2.05, 4.69) is 31.2 Å². The lowest BCUT2D eigenvalue weighted by atomic mass is 10.1. The zero-order chi connectivity index (χ0) is 14.5. The second kappa shape index (κ2) is 6.86. The van der Waals surface area contributed by atoms with Gasteiger partial charge in [0, 0.05) is 26.1 Å². The van der Waals surface area contributed by atoms with E-state index < -0.39 is 0 Å². The summed E-state index contributed by atoms with van der Waals surface area (Å²) < 4.78 is 5.67. The van der Waals surface area contributed by atoms with E-state index in [4.69, 9.17) is 10.5 Å². The van der Waals surface area contributed by atoms with Gasteiger partial charge < -0.3 is 15.4 Å². The Balaban J connectivity index is 1.86. The Hall–Kier alpha value is -1.39. The molecule has 1 aromatic rings. The molecule has 0 radical (unpaired) electrons. The lowest BCUT2D eigenvalue weighted by Crippen LogP contribution is -2.51. The maximum absolute atomic E-state index is 12.3. The van der Waals surface area contributed by atoms with Crippen LogP contribution >= 0.6 is 0 Å². The van der Waals surface area contributed by atoms with Gasteiger partial charge in [-0.2, -0.15) is 0 Å². The Morgan fingerprint density at radius 2 is 2.05 bits per heavy atom. The van der Waals surface area contributed by atoms with Crippen molar-refractivity contribution >= 4 is 5.91 Å². The largest absolute Gasteiger partial charge is 0.370 e. The highest BCUT2D eigenvalue weighted by Crippen LogP contribution is 2.13. The molecule has 2 unspecified atom stereocenters. The van der Waals surface area contributed by atoms with Crippen LogP contribution in [-0.4, -0.2) is 42.6 Å². The summed E-state index contributed by atoms with van der Waals surface area (Å²) in [4.78, 5) is 14.2. The number of rotatable bonds is 4. The Morgan fingerprint density at radius 3 is 2.70 bits per heavy atom. The number of nitrogens with two attached hydrogens (primary N) is 1. The molecule has 2 rings (SSSR count). The van der Waals surface area contributed by atoms with Crippen LogP contribution in [0.4, 0.5) is 0 Å². The van der Waals surface area contributed by atoms with Crippen LogP contribution in [-0.2, 0) is 16.0 Å². The van der Waals surface area contributed by atoms with Gasteiger partial charge in [0.1, 0.15) is 0 Å². The third kappa shape index (κ3) is 4.05. The van der Waals surface area contributed by atoms with E-state index in [1.54, 1.807) is 0 Å². The number of carbonyl (C=O) groups is 1. The average Bonchev–Trinajstić information content (AvgIpc) is 2.45. The van der Waals surface area contributed by atoms with Crippen LogP contribution in [0.3, 0.4) is 0 Å². The molecule has 20 heavy (non-hydrogen) atoms. The van der Waals surface area contributed by atoms with Crippen LogP contribution in [0.15, 0.2) is 24.3 Å². The molecule has 1 saturated heterocycles. The lowest BCUT2D eigenvalue weighted by molar-refractivity contribution is -0.143. The fourth-order valence-corrected chi connectivity index (χ4v) is 2.54. The monoisotopic (exact) mass is 276 g/mol. The van der Waals surface area contributed by atoms with Crippen LogP contribution in [0, 0.1) is 6.92 Å². The summed E-state index contributed by atoms with van der Waals surface area (Å²) in [5.74, 6) is 0.194. The minimum absolute atomic E-state index is 0.0259. The van der Waals surface area contributed by atoms with Gasteiger partial charge >= 0.3 is 0 Å². The second-order valence-corrected chi connectivity index (χ2v) is 5.59. The number of hydrogen-bond acceptors (Lipinski definition) is 3. The fourth-order valence-electron chi connectivity index (χ4n) is 2.54. The van der Waals surface area contributed by atoms with E-state index in [0.29, 0.717) is 26.1 Å². The highest BCUT2D eigenvalue weighted by atomic mass is 16.5. The highest BCUT2D eigenvalue weighted by Gasteiger charge is 2.27. The van der Waals surface area contributed by atoms with E-state index in [9.17, 15) is 4.79 Å². The van der Waals surface area contributed by atoms with Crippen LogP contribution in [0.5, 0.6) is 0 Å². The van der Waals surface area contributed by atoms with Crippen LogP contribution in [0.1, 0.15) is 24.5 Å². The van der Waals surface area contributed by atoms with Gasteiger partial charge in [-0.25, -0.2) is 0 Å². The maximum atomic E-state index is 12.3. The lowest BCUT2D eigenvalue weighted by Gasteiger charge is -2.36. The topological polar surface area (TPSA) is 55.6 Å². The molecule has 1 aliphatic heterocycles. The van der Waals surface area contributed by atoms with Crippen molar-refractivity contribution in [1.29, 1.82) is 0 Å². The molecule has 1 fully saturated rings. The third-order valence-corrected chi connectivity index (χ3v) is 3.69. The number of hydrogen-bond donors (Lipinski definition) is 1. The van der Waals surface area contributed by atoms with Crippen molar-refractivity contribution in [3.8, 4) is 0 Å². The third-order valence-electron chi connectivity index (χ3n) is 3.69. The normalized spacial score (nSPS) is 22.9. The zero-order valence-electron chi connectivity index (χ0n) is 12.3. The number of amides is 1. The molecule has 0 spiro atoms. The predicted octanol–water partition coefficient (Wildman–Crippen LogP) is 1.50. The zero-order valence-corrected chi connectivity index (χ0v) is 12.3. The molecule has 0 aliphatic carbocycles. The summed E-state index contributed by atoms with van der Waals surface area (Å²) in [6.07, 6.45) is 1.38. The van der Waals surface area contributed by atoms with Gasteiger partial charge in [0.05, 0.1) is 12.2 Å². The van der Waals surface area contributed by atoms with Crippen molar-refractivity contribution < 1.29 is 9.53 Å². The Bertz CT molecular complexity index is 444. The molecule has 4 heteroatoms. The summed E-state index contributed by atoms with van der Waals surface area (Å²) in [5, 5.41) is 0. The summed E-state index contributed by atoms with van der Waals surface area (Å²) >= 11 is 0. The quantitative estimate of drug-likeness (QED) is 0.906.